The van der Waals surface area contributed by atoms with Crippen molar-refractivity contribution in [2.45, 2.75) is 24.2 Å². The van der Waals surface area contributed by atoms with Crippen LogP contribution in [0.2, 0.25) is 0 Å². The Morgan fingerprint density at radius 2 is 2.00 bits per heavy atom. The molecular formula is C22H25N3O5S2. The molecule has 1 saturated heterocycles. The van der Waals surface area contributed by atoms with Crippen LogP contribution >= 0.6 is 11.3 Å². The average molecular weight is 476 g/mol. The number of aryl methyl sites for hydroxylation is 1. The van der Waals surface area contributed by atoms with E-state index in [2.05, 4.69) is 10.3 Å². The third-order valence-electron chi connectivity index (χ3n) is 5.17. The van der Waals surface area contributed by atoms with Gasteiger partial charge in [-0.2, -0.15) is 4.31 Å². The molecule has 1 aliphatic rings. The zero-order valence-electron chi connectivity index (χ0n) is 17.7. The third-order valence-corrected chi connectivity index (χ3v) is 8.18. The molecule has 1 aliphatic heterocycles. The normalized spacial score (nSPS) is 15.0. The van der Waals surface area contributed by atoms with E-state index in [-0.39, 0.29) is 29.6 Å². The van der Waals surface area contributed by atoms with E-state index >= 15 is 0 Å². The van der Waals surface area contributed by atoms with Gasteiger partial charge in [-0.3, -0.25) is 4.79 Å². The Hall–Kier alpha value is -2.53. The van der Waals surface area contributed by atoms with Crippen molar-refractivity contribution in [1.82, 2.24) is 9.29 Å². The van der Waals surface area contributed by atoms with Gasteiger partial charge in [-0.05, 0) is 43.2 Å². The number of nitrogens with one attached hydrogen (secondary N) is 1. The SMILES string of the molecule is COc1ccc(NC(=O)CCCc2nc3ccccc3s2)cc1S(=O)(=O)N1CCOCC1. The number of sulfonamides is 1. The molecule has 0 saturated carbocycles. The molecule has 10 heteroatoms. The van der Waals surface area contributed by atoms with E-state index in [0.717, 1.165) is 15.2 Å². The van der Waals surface area contributed by atoms with Gasteiger partial charge in [0.1, 0.15) is 10.6 Å². The van der Waals surface area contributed by atoms with Crippen LogP contribution in [0, 0.1) is 0 Å². The second-order valence-electron chi connectivity index (χ2n) is 7.36. The number of nitrogens with zero attached hydrogens (tertiary/aromatic N) is 2. The van der Waals surface area contributed by atoms with E-state index in [9.17, 15) is 13.2 Å². The predicted octanol–water partition coefficient (Wildman–Crippen LogP) is 3.29. The first kappa shape index (κ1) is 22.7. The lowest BCUT2D eigenvalue weighted by molar-refractivity contribution is -0.116. The highest BCUT2D eigenvalue weighted by Crippen LogP contribution is 2.30. The Morgan fingerprint density at radius 1 is 1.22 bits per heavy atom. The number of anilines is 1. The number of aromatic nitrogens is 1. The summed E-state index contributed by atoms with van der Waals surface area (Å²) in [6, 6.07) is 12.6. The quantitative estimate of drug-likeness (QED) is 0.537. The van der Waals surface area contributed by atoms with Crippen LogP contribution in [-0.2, 0) is 26.0 Å². The molecular weight excluding hydrogens is 450 g/mol. The fraction of sp³-hybridized carbons (Fsp3) is 0.364. The molecule has 0 spiro atoms. The lowest BCUT2D eigenvalue weighted by atomic mass is 10.2. The summed E-state index contributed by atoms with van der Waals surface area (Å²) in [7, 11) is -2.33. The van der Waals surface area contributed by atoms with Gasteiger partial charge in [0.2, 0.25) is 15.9 Å². The van der Waals surface area contributed by atoms with Crippen molar-refractivity contribution in [3.63, 3.8) is 0 Å². The number of para-hydroxylation sites is 1. The molecule has 0 atom stereocenters. The van der Waals surface area contributed by atoms with E-state index in [0.29, 0.717) is 38.2 Å². The van der Waals surface area contributed by atoms with Crippen LogP contribution < -0.4 is 10.1 Å². The first-order valence-electron chi connectivity index (χ1n) is 10.4. The molecule has 4 rings (SSSR count). The number of hydrogen-bond donors (Lipinski definition) is 1. The molecule has 2 heterocycles. The number of carbonyl (C=O) groups excluding carboxylic acids is 1. The van der Waals surface area contributed by atoms with E-state index in [1.54, 1.807) is 23.5 Å². The van der Waals surface area contributed by atoms with Gasteiger partial charge in [-0.1, -0.05) is 12.1 Å². The van der Waals surface area contributed by atoms with Crippen LogP contribution in [0.3, 0.4) is 0 Å². The minimum absolute atomic E-state index is 0.0363. The summed E-state index contributed by atoms with van der Waals surface area (Å²) in [5, 5.41) is 3.80. The number of fused-ring (bicyclic) bond motifs is 1. The van der Waals surface area contributed by atoms with Crippen LogP contribution in [-0.4, -0.2) is 57.0 Å². The summed E-state index contributed by atoms with van der Waals surface area (Å²) < 4.78 is 39.2. The van der Waals surface area contributed by atoms with E-state index in [1.165, 1.54) is 17.5 Å². The second kappa shape index (κ2) is 9.95. The molecule has 1 N–H and O–H groups in total. The summed E-state index contributed by atoms with van der Waals surface area (Å²) in [6.45, 7) is 1.28. The van der Waals surface area contributed by atoms with E-state index in [1.807, 2.05) is 24.3 Å². The van der Waals surface area contributed by atoms with Gasteiger partial charge in [0.25, 0.3) is 0 Å². The molecule has 1 aromatic heterocycles. The van der Waals surface area contributed by atoms with Crippen molar-refractivity contribution in [1.29, 1.82) is 0 Å². The van der Waals surface area contributed by atoms with Crippen LogP contribution in [0.25, 0.3) is 10.2 Å². The number of thiazole rings is 1. The molecule has 170 valence electrons. The number of amides is 1. The number of ether oxygens (including phenoxy) is 2. The highest BCUT2D eigenvalue weighted by Gasteiger charge is 2.29. The molecule has 0 unspecified atom stereocenters. The summed E-state index contributed by atoms with van der Waals surface area (Å²) >= 11 is 1.64. The number of hydrogen-bond acceptors (Lipinski definition) is 7. The third kappa shape index (κ3) is 5.09. The molecule has 0 aliphatic carbocycles. The first-order chi connectivity index (χ1) is 15.5. The minimum atomic E-state index is -3.76. The van der Waals surface area contributed by atoms with Crippen LogP contribution in [0.1, 0.15) is 17.8 Å². The number of morpholine rings is 1. The van der Waals surface area contributed by atoms with Gasteiger partial charge in [0.05, 0.1) is 35.5 Å². The monoisotopic (exact) mass is 475 g/mol. The second-order valence-corrected chi connectivity index (χ2v) is 10.4. The largest absolute Gasteiger partial charge is 0.495 e. The molecule has 8 nitrogen and oxygen atoms in total. The fourth-order valence-electron chi connectivity index (χ4n) is 3.53. The lowest BCUT2D eigenvalue weighted by Crippen LogP contribution is -2.40. The highest BCUT2D eigenvalue weighted by molar-refractivity contribution is 7.89. The Kier molecular flexibility index (Phi) is 7.04. The lowest BCUT2D eigenvalue weighted by Gasteiger charge is -2.26. The molecule has 1 amide bonds. The highest BCUT2D eigenvalue weighted by atomic mass is 32.2. The van der Waals surface area contributed by atoms with Crippen LogP contribution in [0.15, 0.2) is 47.4 Å². The zero-order chi connectivity index (χ0) is 22.6. The van der Waals surface area contributed by atoms with Gasteiger partial charge in [0.15, 0.2) is 0 Å². The molecule has 0 bridgehead atoms. The van der Waals surface area contributed by atoms with Gasteiger partial charge >= 0.3 is 0 Å². The van der Waals surface area contributed by atoms with Gasteiger partial charge in [-0.25, -0.2) is 13.4 Å². The number of carbonyl (C=O) groups is 1. The Balaban J connectivity index is 1.39. The predicted molar refractivity (Wildman–Crippen MR) is 124 cm³/mol. The summed E-state index contributed by atoms with van der Waals surface area (Å²) in [5.74, 6) is 0.0660. The molecule has 3 aromatic rings. The molecule has 1 fully saturated rings. The summed E-state index contributed by atoms with van der Waals surface area (Å²) in [6.07, 6.45) is 1.68. The average Bonchev–Trinajstić information content (AvgIpc) is 3.22. The number of methoxy groups -OCH3 is 1. The Morgan fingerprint density at radius 3 is 2.75 bits per heavy atom. The number of rotatable bonds is 8. The Labute approximate surface area is 191 Å². The standard InChI is InChI=1S/C22H25N3O5S2/c1-29-18-10-9-16(15-20(18)32(27,28)25-11-13-30-14-12-25)23-21(26)7-4-8-22-24-17-5-2-3-6-19(17)31-22/h2-3,5-6,9-10,15H,4,7-8,11-14H2,1H3,(H,23,26). The number of benzene rings is 2. The maximum absolute atomic E-state index is 13.1. The molecule has 32 heavy (non-hydrogen) atoms. The minimum Gasteiger partial charge on any atom is -0.495 e. The fourth-order valence-corrected chi connectivity index (χ4v) is 6.13. The van der Waals surface area contributed by atoms with Crippen molar-refractivity contribution >= 4 is 43.2 Å². The summed E-state index contributed by atoms with van der Waals surface area (Å²) in [4.78, 5) is 17.1. The van der Waals surface area contributed by atoms with E-state index in [4.69, 9.17) is 9.47 Å². The molecule has 0 radical (unpaired) electrons. The maximum atomic E-state index is 13.1. The maximum Gasteiger partial charge on any atom is 0.246 e. The topological polar surface area (TPSA) is 97.8 Å². The van der Waals surface area contributed by atoms with Crippen LogP contribution in [0.5, 0.6) is 5.75 Å². The smallest absolute Gasteiger partial charge is 0.246 e. The van der Waals surface area contributed by atoms with Gasteiger partial charge in [-0.15, -0.1) is 11.3 Å². The van der Waals surface area contributed by atoms with Gasteiger partial charge < -0.3 is 14.8 Å². The van der Waals surface area contributed by atoms with Crippen molar-refractivity contribution in [2.24, 2.45) is 0 Å². The van der Waals surface area contributed by atoms with Crippen molar-refractivity contribution < 1.29 is 22.7 Å². The zero-order valence-corrected chi connectivity index (χ0v) is 19.4. The summed E-state index contributed by atoms with van der Waals surface area (Å²) in [5.41, 5.74) is 1.40. The van der Waals surface area contributed by atoms with Crippen molar-refractivity contribution in [3.8, 4) is 5.75 Å². The van der Waals surface area contributed by atoms with Crippen LogP contribution in [0.4, 0.5) is 5.69 Å². The van der Waals surface area contributed by atoms with Crippen molar-refractivity contribution in [3.05, 3.63) is 47.5 Å². The Bertz CT molecular complexity index is 1170. The van der Waals surface area contributed by atoms with Gasteiger partial charge in [0, 0.05) is 25.2 Å². The molecule has 2 aromatic carbocycles. The first-order valence-corrected chi connectivity index (χ1v) is 12.6. The van der Waals surface area contributed by atoms with Crippen molar-refractivity contribution in [2.75, 3.05) is 38.7 Å². The van der Waals surface area contributed by atoms with E-state index < -0.39 is 10.0 Å².